The molecule has 0 radical (unpaired) electrons. The number of nitrogens with zero attached hydrogens (tertiary/aromatic N) is 1. The second kappa shape index (κ2) is 6.21. The zero-order chi connectivity index (χ0) is 16.5. The first-order chi connectivity index (χ1) is 11.7. The van der Waals surface area contributed by atoms with Crippen LogP contribution in [0.5, 0.6) is 17.2 Å². The molecule has 0 amide bonds. The van der Waals surface area contributed by atoms with Crippen LogP contribution in [0, 0.1) is 0 Å². The van der Waals surface area contributed by atoms with E-state index in [9.17, 15) is 5.11 Å². The van der Waals surface area contributed by atoms with Gasteiger partial charge in [-0.05, 0) is 47.9 Å². The molecule has 2 aliphatic heterocycles. The van der Waals surface area contributed by atoms with Gasteiger partial charge >= 0.3 is 0 Å². The zero-order valence-corrected chi connectivity index (χ0v) is 13.8. The molecule has 124 valence electrons. The number of phenolic OH excluding ortho intramolecular Hbond substituents is 1. The van der Waals surface area contributed by atoms with Crippen LogP contribution in [-0.2, 0) is 6.54 Å². The first-order valence-corrected chi connectivity index (χ1v) is 8.38. The van der Waals surface area contributed by atoms with E-state index in [1.807, 2.05) is 18.2 Å². The lowest BCUT2D eigenvalue weighted by Crippen LogP contribution is -2.33. The Bertz CT molecular complexity index is 780. The van der Waals surface area contributed by atoms with Crippen molar-refractivity contribution >= 4 is 11.6 Å². The van der Waals surface area contributed by atoms with Crippen molar-refractivity contribution in [1.29, 1.82) is 0 Å². The number of aromatic hydroxyl groups is 1. The number of phenols is 1. The van der Waals surface area contributed by atoms with Gasteiger partial charge in [-0.2, -0.15) is 0 Å². The van der Waals surface area contributed by atoms with Crippen LogP contribution in [0.3, 0.4) is 0 Å². The number of rotatable bonds is 3. The fourth-order valence-corrected chi connectivity index (χ4v) is 3.31. The molecule has 0 aliphatic carbocycles. The molecule has 0 bridgehead atoms. The molecule has 0 atom stereocenters. The second-order valence-corrected chi connectivity index (χ2v) is 6.29. The summed E-state index contributed by atoms with van der Waals surface area (Å²) in [6, 6.07) is 11.3. The van der Waals surface area contributed by atoms with Crippen LogP contribution in [0.25, 0.3) is 11.6 Å². The fraction of sp³-hybridized carbons (Fsp3) is 0.300. The van der Waals surface area contributed by atoms with E-state index in [4.69, 9.17) is 9.47 Å². The summed E-state index contributed by atoms with van der Waals surface area (Å²) in [5.74, 6) is 2.15. The minimum atomic E-state index is 0.277. The number of hydrogen-bond acceptors (Lipinski definition) is 4. The molecule has 0 spiro atoms. The summed E-state index contributed by atoms with van der Waals surface area (Å²) in [6.45, 7) is 5.25. The van der Waals surface area contributed by atoms with E-state index in [1.54, 1.807) is 12.1 Å². The largest absolute Gasteiger partial charge is 0.508 e. The van der Waals surface area contributed by atoms with Crippen LogP contribution in [-0.4, -0.2) is 29.9 Å². The lowest BCUT2D eigenvalue weighted by Gasteiger charge is -2.31. The van der Waals surface area contributed by atoms with Gasteiger partial charge in [0, 0.05) is 18.7 Å². The minimum absolute atomic E-state index is 0.277. The smallest absolute Gasteiger partial charge is 0.142 e. The molecule has 2 aromatic carbocycles. The number of fused-ring (bicyclic) bond motifs is 3. The molecule has 1 N–H and O–H groups in total. The van der Waals surface area contributed by atoms with Crippen molar-refractivity contribution in [2.45, 2.75) is 19.9 Å². The van der Waals surface area contributed by atoms with Gasteiger partial charge in [-0.15, -0.1) is 0 Å². The highest BCUT2D eigenvalue weighted by atomic mass is 16.5. The normalized spacial score (nSPS) is 16.5. The second-order valence-electron chi connectivity index (χ2n) is 6.29. The first kappa shape index (κ1) is 15.1. The predicted molar refractivity (Wildman–Crippen MR) is 94.1 cm³/mol. The lowest BCUT2D eigenvalue weighted by atomic mass is 9.98. The first-order valence-electron chi connectivity index (χ1n) is 8.38. The Kier molecular flexibility index (Phi) is 3.90. The molecule has 4 heteroatoms. The van der Waals surface area contributed by atoms with Crippen LogP contribution < -0.4 is 9.47 Å². The predicted octanol–water partition coefficient (Wildman–Crippen LogP) is 3.89. The van der Waals surface area contributed by atoms with Crippen molar-refractivity contribution in [3.63, 3.8) is 0 Å². The fourth-order valence-electron chi connectivity index (χ4n) is 3.31. The van der Waals surface area contributed by atoms with Crippen molar-refractivity contribution in [2.75, 3.05) is 19.9 Å². The average Bonchev–Trinajstić information content (AvgIpc) is 2.62. The molecule has 0 fully saturated rings. The highest BCUT2D eigenvalue weighted by molar-refractivity contribution is 5.86. The van der Waals surface area contributed by atoms with Crippen LogP contribution in [0.1, 0.15) is 30.0 Å². The van der Waals surface area contributed by atoms with Gasteiger partial charge in [0.05, 0.1) is 5.56 Å². The average molecular weight is 323 g/mol. The van der Waals surface area contributed by atoms with Gasteiger partial charge in [0.25, 0.3) is 0 Å². The Hall–Kier alpha value is -2.46. The highest BCUT2D eigenvalue weighted by Gasteiger charge is 2.24. The third kappa shape index (κ3) is 2.74. The SMILES string of the molecule is CCCN1COc2ccc3c(c2C1)OCC(c1ccc(O)cc1)=C3. The maximum absolute atomic E-state index is 9.44. The van der Waals surface area contributed by atoms with Crippen molar-refractivity contribution in [2.24, 2.45) is 0 Å². The lowest BCUT2D eigenvalue weighted by molar-refractivity contribution is 0.0933. The molecule has 4 nitrogen and oxygen atoms in total. The molecule has 0 unspecified atom stereocenters. The van der Waals surface area contributed by atoms with Crippen molar-refractivity contribution in [3.8, 4) is 17.2 Å². The van der Waals surface area contributed by atoms with Gasteiger partial charge in [0.2, 0.25) is 0 Å². The summed E-state index contributed by atoms with van der Waals surface area (Å²) in [5.41, 5.74) is 4.42. The van der Waals surface area contributed by atoms with Gasteiger partial charge in [-0.25, -0.2) is 0 Å². The Balaban J connectivity index is 1.68. The van der Waals surface area contributed by atoms with Crippen molar-refractivity contribution in [1.82, 2.24) is 4.90 Å². The summed E-state index contributed by atoms with van der Waals surface area (Å²) in [7, 11) is 0. The van der Waals surface area contributed by atoms with Gasteiger partial charge in [-0.3, -0.25) is 4.90 Å². The molecule has 0 aromatic heterocycles. The summed E-state index contributed by atoms with van der Waals surface area (Å²) in [4.78, 5) is 2.30. The number of hydrogen-bond donors (Lipinski definition) is 1. The molecule has 2 aromatic rings. The van der Waals surface area contributed by atoms with Gasteiger partial charge < -0.3 is 14.6 Å². The van der Waals surface area contributed by atoms with Crippen LogP contribution in [0.2, 0.25) is 0 Å². The number of ether oxygens (including phenoxy) is 2. The molecule has 2 aliphatic rings. The number of benzene rings is 2. The molecular formula is C20H21NO3. The molecule has 0 saturated carbocycles. The summed E-state index contributed by atoms with van der Waals surface area (Å²) in [5, 5.41) is 9.44. The molecule has 4 rings (SSSR count). The van der Waals surface area contributed by atoms with E-state index in [1.165, 1.54) is 0 Å². The molecular weight excluding hydrogens is 302 g/mol. The summed E-state index contributed by atoms with van der Waals surface area (Å²) in [6.07, 6.45) is 3.28. The monoisotopic (exact) mass is 323 g/mol. The third-order valence-electron chi connectivity index (χ3n) is 4.51. The van der Waals surface area contributed by atoms with E-state index in [0.717, 1.165) is 53.3 Å². The van der Waals surface area contributed by atoms with Crippen LogP contribution >= 0.6 is 0 Å². The van der Waals surface area contributed by atoms with Crippen LogP contribution in [0.15, 0.2) is 36.4 Å². The maximum Gasteiger partial charge on any atom is 0.142 e. The topological polar surface area (TPSA) is 41.9 Å². The van der Waals surface area contributed by atoms with Crippen molar-refractivity contribution in [3.05, 3.63) is 53.1 Å². The van der Waals surface area contributed by atoms with E-state index in [-0.39, 0.29) is 5.75 Å². The van der Waals surface area contributed by atoms with E-state index >= 15 is 0 Å². The quantitative estimate of drug-likeness (QED) is 0.930. The Morgan fingerprint density at radius 1 is 1.08 bits per heavy atom. The van der Waals surface area contributed by atoms with E-state index in [0.29, 0.717) is 13.3 Å². The Labute approximate surface area is 141 Å². The summed E-state index contributed by atoms with van der Waals surface area (Å²) >= 11 is 0. The zero-order valence-electron chi connectivity index (χ0n) is 13.8. The maximum atomic E-state index is 9.44. The standard InChI is InChI=1S/C20H21NO3/c1-2-9-21-11-18-19(24-13-21)8-5-15-10-16(12-23-20(15)18)14-3-6-17(22)7-4-14/h3-8,10,22H,2,9,11-13H2,1H3. The van der Waals surface area contributed by atoms with Crippen molar-refractivity contribution < 1.29 is 14.6 Å². The Morgan fingerprint density at radius 3 is 2.71 bits per heavy atom. The molecule has 24 heavy (non-hydrogen) atoms. The third-order valence-corrected chi connectivity index (χ3v) is 4.51. The molecule has 0 saturated heterocycles. The Morgan fingerprint density at radius 2 is 1.92 bits per heavy atom. The minimum Gasteiger partial charge on any atom is -0.508 e. The summed E-state index contributed by atoms with van der Waals surface area (Å²) < 4.78 is 12.0. The molecule has 2 heterocycles. The van der Waals surface area contributed by atoms with Gasteiger partial charge in [-0.1, -0.05) is 19.1 Å². The van der Waals surface area contributed by atoms with E-state index in [2.05, 4.69) is 24.0 Å². The highest BCUT2D eigenvalue weighted by Crippen LogP contribution is 2.40. The van der Waals surface area contributed by atoms with Crippen LogP contribution in [0.4, 0.5) is 0 Å². The van der Waals surface area contributed by atoms with Gasteiger partial charge in [0.1, 0.15) is 30.6 Å². The van der Waals surface area contributed by atoms with Gasteiger partial charge in [0.15, 0.2) is 0 Å². The van der Waals surface area contributed by atoms with E-state index < -0.39 is 0 Å².